The van der Waals surface area contributed by atoms with Crippen LogP contribution in [0.15, 0.2) is 40.2 Å². The largest absolute Gasteiger partial charge is 0.455 e. The van der Waals surface area contributed by atoms with Gasteiger partial charge in [-0.3, -0.25) is 10.1 Å². The third kappa shape index (κ3) is 5.05. The Morgan fingerprint density at radius 2 is 2.00 bits per heavy atom. The van der Waals surface area contributed by atoms with Crippen molar-refractivity contribution in [2.75, 3.05) is 11.6 Å². The number of ether oxygens (including phenoxy) is 2. The van der Waals surface area contributed by atoms with Crippen molar-refractivity contribution in [2.24, 2.45) is 0 Å². The van der Waals surface area contributed by atoms with Crippen LogP contribution in [-0.2, 0) is 4.74 Å². The molecule has 2 N–H and O–H groups in total. The molecule has 9 heteroatoms. The van der Waals surface area contributed by atoms with Crippen molar-refractivity contribution < 1.29 is 14.3 Å². The first-order valence-corrected chi connectivity index (χ1v) is 10.1. The van der Waals surface area contributed by atoms with Gasteiger partial charge in [-0.05, 0) is 52.1 Å². The van der Waals surface area contributed by atoms with Crippen molar-refractivity contribution in [3.8, 4) is 11.5 Å². The number of carbonyl (C=O) groups is 1. The number of anilines is 1. The lowest BCUT2D eigenvalue weighted by molar-refractivity contribution is 0.0635. The molecule has 2 heterocycles. The predicted octanol–water partition coefficient (Wildman–Crippen LogP) is 4.49. The summed E-state index contributed by atoms with van der Waals surface area (Å²) in [5.74, 6) is 0.970. The Bertz CT molecular complexity index is 1120. The summed E-state index contributed by atoms with van der Waals surface area (Å²) in [5.41, 5.74) is 0.891. The zero-order valence-electron chi connectivity index (χ0n) is 16.8. The molecule has 0 radical (unpaired) electrons. The number of rotatable bonds is 4. The quantitative estimate of drug-likeness (QED) is 0.606. The maximum absolute atomic E-state index is 12.1. The molecule has 0 fully saturated rings. The Hall–Kier alpha value is -3.07. The summed E-state index contributed by atoms with van der Waals surface area (Å²) >= 11 is 1.46. The molecule has 0 spiro atoms. The minimum atomic E-state index is -0.585. The molecule has 0 aliphatic heterocycles. The summed E-state index contributed by atoms with van der Waals surface area (Å²) in [6.45, 7) is 7.03. The van der Waals surface area contributed by atoms with Gasteiger partial charge in [0.1, 0.15) is 22.6 Å². The van der Waals surface area contributed by atoms with Gasteiger partial charge in [-0.25, -0.2) is 14.8 Å². The van der Waals surface area contributed by atoms with Crippen LogP contribution in [0.3, 0.4) is 0 Å². The molecule has 0 aliphatic rings. The highest BCUT2D eigenvalue weighted by Gasteiger charge is 2.17. The molecule has 152 valence electrons. The number of nitrogens with zero attached hydrogens (tertiary/aromatic N) is 2. The molecule has 1 aromatic carbocycles. The van der Waals surface area contributed by atoms with Gasteiger partial charge in [0.2, 0.25) is 0 Å². The maximum atomic E-state index is 12.1. The van der Waals surface area contributed by atoms with Crippen molar-refractivity contribution in [1.29, 1.82) is 0 Å². The van der Waals surface area contributed by atoms with E-state index in [9.17, 15) is 9.59 Å². The minimum absolute atomic E-state index is 0.294. The summed E-state index contributed by atoms with van der Waals surface area (Å²) in [5, 5.41) is 2.75. The molecule has 8 nitrogen and oxygen atoms in total. The second-order valence-corrected chi connectivity index (χ2v) is 8.10. The number of aryl methyl sites for hydroxylation is 1. The molecule has 0 aliphatic carbocycles. The molecule has 0 atom stereocenters. The predicted molar refractivity (Wildman–Crippen MR) is 113 cm³/mol. The topological polar surface area (TPSA) is 106 Å². The standard InChI is InChI=1S/C20H22N4O4S/c1-11-18(25)24-16-14(8-9-21-17(16)22-11)27-12-6-7-13(15(10-12)29-5)23-19(26)28-20(2,3)4/h6-10H,1-5H3,(H,23,26)(H,24,25). The molecule has 0 saturated heterocycles. The normalized spacial score (nSPS) is 11.3. The van der Waals surface area contributed by atoms with Crippen LogP contribution in [0.2, 0.25) is 0 Å². The van der Waals surface area contributed by atoms with Crippen molar-refractivity contribution in [3.63, 3.8) is 0 Å². The summed E-state index contributed by atoms with van der Waals surface area (Å²) < 4.78 is 11.3. The van der Waals surface area contributed by atoms with Gasteiger partial charge in [-0.1, -0.05) is 0 Å². The van der Waals surface area contributed by atoms with Crippen molar-refractivity contribution >= 4 is 34.7 Å². The summed E-state index contributed by atoms with van der Waals surface area (Å²) in [4.78, 5) is 35.9. The fourth-order valence-electron chi connectivity index (χ4n) is 2.51. The van der Waals surface area contributed by atoms with Gasteiger partial charge < -0.3 is 14.5 Å². The van der Waals surface area contributed by atoms with Gasteiger partial charge in [-0.2, -0.15) is 0 Å². The Kier molecular flexibility index (Phi) is 5.78. The van der Waals surface area contributed by atoms with E-state index in [-0.39, 0.29) is 5.56 Å². The van der Waals surface area contributed by atoms with E-state index in [1.165, 1.54) is 11.8 Å². The summed E-state index contributed by atoms with van der Waals surface area (Å²) in [7, 11) is 0. The zero-order valence-corrected chi connectivity index (χ0v) is 17.6. The van der Waals surface area contributed by atoms with Crippen LogP contribution in [0.4, 0.5) is 10.5 Å². The highest BCUT2D eigenvalue weighted by Crippen LogP contribution is 2.33. The number of hydrogen-bond donors (Lipinski definition) is 2. The number of hydrogen-bond acceptors (Lipinski definition) is 7. The van der Waals surface area contributed by atoms with Crippen LogP contribution < -0.4 is 15.6 Å². The number of fused-ring (bicyclic) bond motifs is 1. The number of benzene rings is 1. The minimum Gasteiger partial charge on any atom is -0.455 e. The first-order chi connectivity index (χ1) is 13.7. The average Bonchev–Trinajstić information content (AvgIpc) is 2.63. The molecule has 0 bridgehead atoms. The molecular weight excluding hydrogens is 392 g/mol. The highest BCUT2D eigenvalue weighted by atomic mass is 32.2. The van der Waals surface area contributed by atoms with Gasteiger partial charge in [-0.15, -0.1) is 11.8 Å². The number of pyridine rings is 1. The second-order valence-electron chi connectivity index (χ2n) is 7.25. The maximum Gasteiger partial charge on any atom is 0.412 e. The van der Waals surface area contributed by atoms with Gasteiger partial charge in [0.15, 0.2) is 11.4 Å². The fourth-order valence-corrected chi connectivity index (χ4v) is 3.09. The van der Waals surface area contributed by atoms with Crippen LogP contribution in [0, 0.1) is 6.92 Å². The van der Waals surface area contributed by atoms with E-state index in [1.54, 1.807) is 58.2 Å². The molecule has 0 unspecified atom stereocenters. The third-order valence-corrected chi connectivity index (χ3v) is 4.55. The van der Waals surface area contributed by atoms with Crippen LogP contribution in [-0.4, -0.2) is 32.9 Å². The van der Waals surface area contributed by atoms with Crippen LogP contribution in [0.1, 0.15) is 26.5 Å². The Labute approximate surface area is 172 Å². The van der Waals surface area contributed by atoms with E-state index in [0.29, 0.717) is 34.0 Å². The number of H-pyrrole nitrogens is 1. The van der Waals surface area contributed by atoms with E-state index in [1.807, 2.05) is 6.26 Å². The van der Waals surface area contributed by atoms with Crippen molar-refractivity contribution in [1.82, 2.24) is 15.0 Å². The van der Waals surface area contributed by atoms with Crippen molar-refractivity contribution in [3.05, 3.63) is 46.5 Å². The molecule has 3 rings (SSSR count). The lowest BCUT2D eigenvalue weighted by atomic mass is 10.2. The van der Waals surface area contributed by atoms with E-state index in [4.69, 9.17) is 9.47 Å². The van der Waals surface area contributed by atoms with Gasteiger partial charge in [0.25, 0.3) is 5.56 Å². The van der Waals surface area contributed by atoms with E-state index in [0.717, 1.165) is 4.90 Å². The molecule has 1 amide bonds. The summed E-state index contributed by atoms with van der Waals surface area (Å²) in [6.07, 6.45) is 2.93. The lowest BCUT2D eigenvalue weighted by Crippen LogP contribution is -2.27. The van der Waals surface area contributed by atoms with Crippen LogP contribution >= 0.6 is 11.8 Å². The number of aromatic amines is 1. The number of nitrogens with one attached hydrogen (secondary N) is 2. The number of carbonyl (C=O) groups excluding carboxylic acids is 1. The first-order valence-electron chi connectivity index (χ1n) is 8.88. The smallest absolute Gasteiger partial charge is 0.412 e. The average molecular weight is 414 g/mol. The third-order valence-electron chi connectivity index (χ3n) is 3.77. The molecular formula is C20H22N4O4S. The van der Waals surface area contributed by atoms with Crippen LogP contribution in [0.25, 0.3) is 11.2 Å². The Morgan fingerprint density at radius 1 is 1.24 bits per heavy atom. The Morgan fingerprint density at radius 3 is 2.69 bits per heavy atom. The number of thioether (sulfide) groups is 1. The second kappa shape index (κ2) is 8.12. The van der Waals surface area contributed by atoms with E-state index >= 15 is 0 Å². The molecule has 0 saturated carbocycles. The zero-order chi connectivity index (χ0) is 21.2. The molecule has 3 aromatic rings. The summed E-state index contributed by atoms with van der Waals surface area (Å²) in [6, 6.07) is 6.91. The fraction of sp³-hybridized carbons (Fsp3) is 0.300. The van der Waals surface area contributed by atoms with E-state index < -0.39 is 11.7 Å². The first kappa shape index (κ1) is 20.7. The van der Waals surface area contributed by atoms with Gasteiger partial charge in [0.05, 0.1) is 5.69 Å². The van der Waals surface area contributed by atoms with Gasteiger partial charge in [0, 0.05) is 17.2 Å². The Balaban J connectivity index is 1.88. The number of aromatic nitrogens is 3. The van der Waals surface area contributed by atoms with Crippen molar-refractivity contribution in [2.45, 2.75) is 38.2 Å². The van der Waals surface area contributed by atoms with Crippen LogP contribution in [0.5, 0.6) is 11.5 Å². The number of amides is 1. The molecule has 29 heavy (non-hydrogen) atoms. The SMILES string of the molecule is CSc1cc(Oc2ccnc3nc(C)c(=O)[nH]c23)ccc1NC(=O)OC(C)(C)C. The molecule has 2 aromatic heterocycles. The lowest BCUT2D eigenvalue weighted by Gasteiger charge is -2.20. The van der Waals surface area contributed by atoms with E-state index in [2.05, 4.69) is 20.3 Å². The monoisotopic (exact) mass is 414 g/mol. The highest BCUT2D eigenvalue weighted by molar-refractivity contribution is 7.98. The van der Waals surface area contributed by atoms with Gasteiger partial charge >= 0.3 is 6.09 Å².